The number of methoxy groups -OCH3 is 1. The van der Waals surface area contributed by atoms with E-state index >= 15 is 0 Å². The average Bonchev–Trinajstić information content (AvgIpc) is 3.38. The lowest BCUT2D eigenvalue weighted by Gasteiger charge is -2.42. The highest BCUT2D eigenvalue weighted by atomic mass is 16.5. The summed E-state index contributed by atoms with van der Waals surface area (Å²) in [6.07, 6.45) is 14.3. The number of benzene rings is 3. The van der Waals surface area contributed by atoms with E-state index in [4.69, 9.17) is 24.7 Å². The first-order valence-electron chi connectivity index (χ1n) is 24.4. The number of phenols is 1. The molecular formula is C54H69N3O8. The van der Waals surface area contributed by atoms with Crippen molar-refractivity contribution in [3.8, 4) is 51.9 Å². The molecule has 348 valence electrons. The first-order chi connectivity index (χ1) is 31.5. The van der Waals surface area contributed by atoms with Crippen LogP contribution in [-0.4, -0.2) is 71.5 Å². The first-order valence-corrected chi connectivity index (χ1v) is 24.4. The number of hydrogen-bond acceptors (Lipinski definition) is 11. The zero-order valence-electron chi connectivity index (χ0n) is 38.6. The largest absolute Gasteiger partial charge is 0.508 e. The van der Waals surface area contributed by atoms with E-state index < -0.39 is 18.3 Å². The van der Waals surface area contributed by atoms with Gasteiger partial charge in [0.15, 0.2) is 17.5 Å². The third-order valence-electron chi connectivity index (χ3n) is 15.6. The van der Waals surface area contributed by atoms with Gasteiger partial charge in [-0.2, -0.15) is 0 Å². The molecule has 3 aromatic rings. The molecule has 1 fully saturated rings. The summed E-state index contributed by atoms with van der Waals surface area (Å²) in [5, 5.41) is 49.0. The van der Waals surface area contributed by atoms with Crippen LogP contribution in [0, 0.1) is 53.5 Å². The molecule has 0 amide bonds. The monoisotopic (exact) mass is 888 g/mol. The van der Waals surface area contributed by atoms with Crippen molar-refractivity contribution in [3.63, 3.8) is 0 Å². The van der Waals surface area contributed by atoms with Crippen molar-refractivity contribution in [2.45, 2.75) is 128 Å². The van der Waals surface area contributed by atoms with Crippen LogP contribution in [0.25, 0.3) is 11.1 Å². The number of ether oxygens (including phenoxy) is 4. The number of phenolic OH excluding ortho intramolecular Hbond substituents is 1. The molecular weight excluding hydrogens is 819 g/mol. The number of nitrogens with one attached hydrogen (secondary N) is 1. The third-order valence-corrected chi connectivity index (χ3v) is 15.6. The zero-order chi connectivity index (χ0) is 45.4. The van der Waals surface area contributed by atoms with E-state index in [-0.39, 0.29) is 48.2 Å². The van der Waals surface area contributed by atoms with Crippen LogP contribution in [-0.2, 0) is 19.3 Å². The number of allylic oxidation sites excluding steroid dienone is 2. The number of fused-ring (bicyclic) bond motifs is 2. The van der Waals surface area contributed by atoms with Crippen LogP contribution in [0.2, 0.25) is 0 Å². The molecule has 0 aromatic heterocycles. The second kappa shape index (κ2) is 19.5. The molecule has 11 heteroatoms. The predicted octanol–water partition coefficient (Wildman–Crippen LogP) is 8.13. The van der Waals surface area contributed by atoms with Gasteiger partial charge in [0.1, 0.15) is 35.6 Å². The Labute approximate surface area is 384 Å². The van der Waals surface area contributed by atoms with E-state index in [1.807, 2.05) is 30.3 Å². The Morgan fingerprint density at radius 3 is 2.60 bits per heavy atom. The van der Waals surface area contributed by atoms with Crippen molar-refractivity contribution >= 4 is 5.96 Å². The number of rotatable bonds is 5. The molecule has 11 rings (SSSR count). The molecule has 5 heterocycles. The van der Waals surface area contributed by atoms with Gasteiger partial charge in [0.25, 0.3) is 0 Å². The van der Waals surface area contributed by atoms with Crippen molar-refractivity contribution in [3.05, 3.63) is 76.4 Å². The summed E-state index contributed by atoms with van der Waals surface area (Å²) in [5.41, 5.74) is 13.4. The number of hydrogen-bond donors (Lipinski definition) is 6. The molecule has 7 N–H and O–H groups in total. The summed E-state index contributed by atoms with van der Waals surface area (Å²) in [6.45, 7) is 7.73. The van der Waals surface area contributed by atoms with E-state index in [1.165, 1.54) is 0 Å². The second-order valence-corrected chi connectivity index (χ2v) is 20.1. The maximum absolute atomic E-state index is 12.3. The Morgan fingerprint density at radius 1 is 0.954 bits per heavy atom. The molecule has 3 aliphatic carbocycles. The molecule has 0 saturated heterocycles. The van der Waals surface area contributed by atoms with E-state index in [1.54, 1.807) is 7.11 Å². The lowest BCUT2D eigenvalue weighted by molar-refractivity contribution is -0.0162. The molecule has 9 bridgehead atoms. The van der Waals surface area contributed by atoms with Crippen molar-refractivity contribution in [2.75, 3.05) is 26.8 Å². The number of aliphatic hydroxyl groups excluding tert-OH is 3. The number of nitrogens with two attached hydrogens (primary N) is 1. The molecule has 11 unspecified atom stereocenters. The van der Waals surface area contributed by atoms with Gasteiger partial charge in [-0.3, -0.25) is 4.99 Å². The van der Waals surface area contributed by atoms with Crippen LogP contribution in [0.5, 0.6) is 28.7 Å². The molecule has 8 aliphatic rings. The summed E-state index contributed by atoms with van der Waals surface area (Å²) in [7, 11) is 1.71. The van der Waals surface area contributed by atoms with Gasteiger partial charge in [-0.25, -0.2) is 0 Å². The van der Waals surface area contributed by atoms with Crippen molar-refractivity contribution in [2.24, 2.45) is 52.2 Å². The van der Waals surface area contributed by atoms with Crippen LogP contribution in [0.4, 0.5) is 0 Å². The number of guanidine groups is 1. The number of nitrogens with zero attached hydrogens (tertiary/aromatic N) is 1. The predicted molar refractivity (Wildman–Crippen MR) is 252 cm³/mol. The van der Waals surface area contributed by atoms with Crippen molar-refractivity contribution in [1.29, 1.82) is 0 Å². The highest BCUT2D eigenvalue weighted by Gasteiger charge is 2.44. The molecule has 0 radical (unpaired) electrons. The van der Waals surface area contributed by atoms with E-state index in [2.05, 4.69) is 61.3 Å². The summed E-state index contributed by atoms with van der Waals surface area (Å²) in [6, 6.07) is 11.9. The van der Waals surface area contributed by atoms with E-state index in [0.717, 1.165) is 83.9 Å². The Kier molecular flexibility index (Phi) is 13.6. The van der Waals surface area contributed by atoms with Crippen molar-refractivity contribution < 1.29 is 39.4 Å². The smallest absolute Gasteiger partial charge is 0.188 e. The van der Waals surface area contributed by atoms with Gasteiger partial charge < -0.3 is 50.4 Å². The van der Waals surface area contributed by atoms with Gasteiger partial charge in [-0.05, 0) is 145 Å². The minimum Gasteiger partial charge on any atom is -0.508 e. The maximum atomic E-state index is 12.3. The molecule has 11 nitrogen and oxygen atoms in total. The first kappa shape index (κ1) is 45.3. The summed E-state index contributed by atoms with van der Waals surface area (Å²) in [5.74, 6) is 7.72. The third kappa shape index (κ3) is 9.28. The van der Waals surface area contributed by atoms with Crippen LogP contribution in [0.1, 0.15) is 118 Å². The normalized spacial score (nSPS) is 30.8. The van der Waals surface area contributed by atoms with Gasteiger partial charge >= 0.3 is 0 Å². The Hall–Kier alpha value is -4.89. The molecule has 3 aromatic carbocycles. The quantitative estimate of drug-likeness (QED) is 0.109. The highest BCUT2D eigenvalue weighted by Crippen LogP contribution is 2.56. The summed E-state index contributed by atoms with van der Waals surface area (Å²) < 4.78 is 26.4. The lowest BCUT2D eigenvalue weighted by Crippen LogP contribution is -2.46. The summed E-state index contributed by atoms with van der Waals surface area (Å²) in [4.78, 5) is 4.61. The second-order valence-electron chi connectivity index (χ2n) is 20.1. The minimum atomic E-state index is -0.879. The van der Waals surface area contributed by atoms with E-state index in [0.29, 0.717) is 91.7 Å². The molecule has 5 aliphatic heterocycles. The van der Waals surface area contributed by atoms with Crippen LogP contribution in [0.15, 0.2) is 53.5 Å². The van der Waals surface area contributed by atoms with Gasteiger partial charge in [0.2, 0.25) is 0 Å². The zero-order valence-corrected chi connectivity index (χ0v) is 38.6. The molecule has 11 atom stereocenters. The fourth-order valence-corrected chi connectivity index (χ4v) is 12.3. The van der Waals surface area contributed by atoms with Crippen LogP contribution >= 0.6 is 0 Å². The topological polar surface area (TPSA) is 168 Å². The maximum Gasteiger partial charge on any atom is 0.188 e. The van der Waals surface area contributed by atoms with Gasteiger partial charge in [0, 0.05) is 61.6 Å². The van der Waals surface area contributed by atoms with Crippen LogP contribution in [0.3, 0.4) is 0 Å². The molecule has 0 spiro atoms. The Morgan fingerprint density at radius 2 is 1.80 bits per heavy atom. The number of aliphatic imine (C=N–C) groups is 1. The minimum absolute atomic E-state index is 0.00558. The number of aliphatic hydroxyl groups is 3. The Balaban J connectivity index is 1.15. The van der Waals surface area contributed by atoms with Gasteiger partial charge in [0.05, 0.1) is 19.3 Å². The fourth-order valence-electron chi connectivity index (χ4n) is 12.3. The van der Waals surface area contributed by atoms with Crippen LogP contribution < -0.4 is 30.0 Å². The fraction of sp³-hybridized carbons (Fsp3) is 0.574. The van der Waals surface area contributed by atoms with Crippen molar-refractivity contribution in [1.82, 2.24) is 5.32 Å². The number of aromatic hydroxyl groups is 1. The SMILES string of the molecule is CCC1CC2C=CC1CC(O)CCCN=C(N)NCCC1C(CO)CCC3CC#COc4ccc(cc4OC31)C1Oc3cc(OC)c4c(c3CC1O)C2Cc1cc(O)c(CC(C)C)cc1-4. The van der Waals surface area contributed by atoms with Gasteiger partial charge in [-0.15, -0.1) is 0 Å². The lowest BCUT2D eigenvalue weighted by atomic mass is 9.64. The highest BCUT2D eigenvalue weighted by molar-refractivity contribution is 5.84. The standard InChI is InChI=1S/C54H69N3O8/c1-5-31-21-34-12-11-33(31)22-39(59)9-6-17-56-54(55)57-18-16-40-36(29-58)13-10-32-8-7-19-63-46-15-14-35(26-48(46)65-52(32)40)53-45(61)27-43-47(64-53)28-49(62-4)51-42-24-38(20-30(2)3)44(60)25-37(42)23-41(34)50(43)51/h11-12,14-15,24-26,28,30-34,36,39-41,45,52-53,58-61H,5-6,8-10,13,16-18,20-23,27,29H2,1-4H3,(H3,55,56,57). The Bertz CT molecular complexity index is 2330. The molecule has 1 saturated carbocycles. The summed E-state index contributed by atoms with van der Waals surface area (Å²) >= 11 is 0. The van der Waals surface area contributed by atoms with Gasteiger partial charge in [-0.1, -0.05) is 51.3 Å². The average molecular weight is 888 g/mol. The molecule has 65 heavy (non-hydrogen) atoms. The van der Waals surface area contributed by atoms with E-state index in [9.17, 15) is 20.4 Å².